The molecule has 0 saturated heterocycles. The van der Waals surface area contributed by atoms with Crippen LogP contribution in [0, 0.1) is 0 Å². The summed E-state index contributed by atoms with van der Waals surface area (Å²) in [4.78, 5) is 24.5. The Balaban J connectivity index is 1.80. The topological polar surface area (TPSA) is 79.6 Å². The highest BCUT2D eigenvalue weighted by atomic mass is 16.1. The molecule has 0 amide bonds. The van der Waals surface area contributed by atoms with Crippen molar-refractivity contribution >= 4 is 17.2 Å². The summed E-state index contributed by atoms with van der Waals surface area (Å²) in [5.74, 6) is -0.0174. The van der Waals surface area contributed by atoms with Gasteiger partial charge in [-0.2, -0.15) is 5.11 Å². The van der Waals surface area contributed by atoms with E-state index in [-0.39, 0.29) is 17.0 Å². The van der Waals surface area contributed by atoms with Gasteiger partial charge in [0, 0.05) is 11.1 Å². The van der Waals surface area contributed by atoms with Gasteiger partial charge in [0.05, 0.1) is 17.1 Å². The molecule has 29 heavy (non-hydrogen) atoms. The number of carbonyl (C=O) groups excluding carboxylic acids is 1. The smallest absolute Gasteiger partial charge is 0.295 e. The third-order valence-electron chi connectivity index (χ3n) is 4.48. The fraction of sp³-hybridized carbons (Fsp3) is 0.0435. The Morgan fingerprint density at radius 3 is 2.07 bits per heavy atom. The minimum Gasteiger partial charge on any atom is -0.295 e. The normalized spacial score (nSPS) is 11.1. The molecule has 6 heteroatoms. The average molecular weight is 382 g/mol. The van der Waals surface area contributed by atoms with Gasteiger partial charge < -0.3 is 0 Å². The number of aromatic amines is 1. The Labute approximate surface area is 167 Å². The van der Waals surface area contributed by atoms with E-state index < -0.39 is 0 Å². The summed E-state index contributed by atoms with van der Waals surface area (Å²) in [6.07, 6.45) is 0. The highest BCUT2D eigenvalue weighted by Crippen LogP contribution is 2.28. The fourth-order valence-electron chi connectivity index (χ4n) is 2.96. The van der Waals surface area contributed by atoms with E-state index in [1.807, 2.05) is 60.7 Å². The zero-order valence-corrected chi connectivity index (χ0v) is 15.7. The van der Waals surface area contributed by atoms with Crippen LogP contribution >= 0.6 is 0 Å². The van der Waals surface area contributed by atoms with Gasteiger partial charge in [0.2, 0.25) is 0 Å². The number of benzene rings is 3. The lowest BCUT2D eigenvalue weighted by Gasteiger charge is -2.01. The average Bonchev–Trinajstić information content (AvgIpc) is 3.10. The fourth-order valence-corrected chi connectivity index (χ4v) is 2.96. The Bertz CT molecular complexity index is 1220. The lowest BCUT2D eigenvalue weighted by atomic mass is 10.1. The second kappa shape index (κ2) is 7.90. The second-order valence-corrected chi connectivity index (χ2v) is 6.48. The van der Waals surface area contributed by atoms with Crippen molar-refractivity contribution < 1.29 is 4.79 Å². The van der Waals surface area contributed by atoms with E-state index in [9.17, 15) is 9.59 Å². The van der Waals surface area contributed by atoms with E-state index in [2.05, 4.69) is 15.3 Å². The number of nitrogens with zero attached hydrogens (tertiary/aromatic N) is 3. The number of carbonyl (C=O) groups is 1. The summed E-state index contributed by atoms with van der Waals surface area (Å²) in [7, 11) is 0. The highest BCUT2D eigenvalue weighted by Gasteiger charge is 2.16. The molecule has 1 heterocycles. The minimum absolute atomic E-state index is 0.0174. The van der Waals surface area contributed by atoms with E-state index in [0.29, 0.717) is 22.6 Å². The van der Waals surface area contributed by atoms with Crippen molar-refractivity contribution in [1.29, 1.82) is 0 Å². The summed E-state index contributed by atoms with van der Waals surface area (Å²) in [6, 6.07) is 25.6. The maximum absolute atomic E-state index is 13.1. The Morgan fingerprint density at radius 1 is 0.828 bits per heavy atom. The SMILES string of the molecule is CC(=O)c1ccc(N=Nc2c(-c3ccccc3)[nH]n(-c3ccccc3)c2=O)cc1. The zero-order chi connectivity index (χ0) is 20.2. The number of hydrogen-bond donors (Lipinski definition) is 1. The molecular formula is C23H18N4O2. The monoisotopic (exact) mass is 382 g/mol. The van der Waals surface area contributed by atoms with Crippen LogP contribution < -0.4 is 5.56 Å². The van der Waals surface area contributed by atoms with Crippen molar-refractivity contribution in [2.75, 3.05) is 0 Å². The van der Waals surface area contributed by atoms with Crippen molar-refractivity contribution in [3.8, 4) is 16.9 Å². The van der Waals surface area contributed by atoms with Crippen LogP contribution in [0.1, 0.15) is 17.3 Å². The molecule has 1 aromatic heterocycles. The number of rotatable bonds is 5. The summed E-state index contributed by atoms with van der Waals surface area (Å²) in [6.45, 7) is 1.51. The minimum atomic E-state index is -0.292. The van der Waals surface area contributed by atoms with Crippen LogP contribution in [-0.2, 0) is 0 Å². The molecule has 0 aliphatic carbocycles. The van der Waals surface area contributed by atoms with Gasteiger partial charge in [-0.15, -0.1) is 5.11 Å². The third kappa shape index (κ3) is 3.82. The van der Waals surface area contributed by atoms with E-state index in [0.717, 1.165) is 5.56 Å². The summed E-state index contributed by atoms with van der Waals surface area (Å²) < 4.78 is 1.45. The number of aromatic nitrogens is 2. The molecule has 4 aromatic rings. The zero-order valence-electron chi connectivity index (χ0n) is 15.7. The predicted octanol–water partition coefficient (Wildman–Crippen LogP) is 5.45. The Morgan fingerprint density at radius 2 is 1.45 bits per heavy atom. The first-order chi connectivity index (χ1) is 14.1. The number of nitrogens with one attached hydrogen (secondary N) is 1. The first-order valence-corrected chi connectivity index (χ1v) is 9.12. The van der Waals surface area contributed by atoms with E-state index in [1.165, 1.54) is 11.6 Å². The second-order valence-electron chi connectivity index (χ2n) is 6.48. The molecule has 0 radical (unpaired) electrons. The summed E-state index contributed by atoms with van der Waals surface area (Å²) >= 11 is 0. The first-order valence-electron chi connectivity index (χ1n) is 9.12. The van der Waals surface area contributed by atoms with Crippen LogP contribution in [0.4, 0.5) is 11.4 Å². The molecular weight excluding hydrogens is 364 g/mol. The molecule has 0 unspecified atom stereocenters. The van der Waals surface area contributed by atoms with Gasteiger partial charge >= 0.3 is 0 Å². The number of ketones is 1. The van der Waals surface area contributed by atoms with Gasteiger partial charge in [-0.3, -0.25) is 14.7 Å². The Kier molecular flexibility index (Phi) is 4.99. The molecule has 142 valence electrons. The molecule has 0 atom stereocenters. The van der Waals surface area contributed by atoms with Gasteiger partial charge in [-0.1, -0.05) is 48.5 Å². The van der Waals surface area contributed by atoms with Crippen molar-refractivity contribution in [2.45, 2.75) is 6.92 Å². The van der Waals surface area contributed by atoms with E-state index in [1.54, 1.807) is 24.3 Å². The lowest BCUT2D eigenvalue weighted by Crippen LogP contribution is -2.13. The molecule has 0 aliphatic heterocycles. The van der Waals surface area contributed by atoms with Crippen LogP contribution in [0.5, 0.6) is 0 Å². The first kappa shape index (κ1) is 18.3. The van der Waals surface area contributed by atoms with Gasteiger partial charge in [0.25, 0.3) is 5.56 Å². The van der Waals surface area contributed by atoms with Gasteiger partial charge in [0.1, 0.15) is 0 Å². The number of Topliss-reactive ketones (excluding diaryl/α,β-unsaturated/α-hetero) is 1. The molecule has 0 spiro atoms. The molecule has 1 N–H and O–H groups in total. The molecule has 0 saturated carbocycles. The van der Waals surface area contributed by atoms with Gasteiger partial charge in [-0.05, 0) is 43.3 Å². The third-order valence-corrected chi connectivity index (χ3v) is 4.48. The van der Waals surface area contributed by atoms with E-state index in [4.69, 9.17) is 0 Å². The number of hydrogen-bond acceptors (Lipinski definition) is 4. The molecule has 3 aromatic carbocycles. The standard InChI is InChI=1S/C23H18N4O2/c1-16(28)17-12-14-19(15-13-17)24-25-22-21(18-8-4-2-5-9-18)26-27(23(22)29)20-10-6-3-7-11-20/h2-15,26H,1H3. The van der Waals surface area contributed by atoms with Gasteiger partial charge in [0.15, 0.2) is 11.5 Å². The van der Waals surface area contributed by atoms with Crippen molar-refractivity contribution in [1.82, 2.24) is 9.78 Å². The number of H-pyrrole nitrogens is 1. The summed E-state index contributed by atoms with van der Waals surface area (Å²) in [5.41, 5.74) is 3.21. The number of para-hydroxylation sites is 1. The van der Waals surface area contributed by atoms with Crippen molar-refractivity contribution in [3.05, 3.63) is 101 Å². The molecule has 0 bridgehead atoms. The lowest BCUT2D eigenvalue weighted by molar-refractivity contribution is 0.101. The van der Waals surface area contributed by atoms with Crippen LogP contribution in [0.25, 0.3) is 16.9 Å². The maximum Gasteiger partial charge on any atom is 0.299 e. The molecule has 0 fully saturated rings. The quantitative estimate of drug-likeness (QED) is 0.368. The van der Waals surface area contributed by atoms with Crippen molar-refractivity contribution in [3.63, 3.8) is 0 Å². The van der Waals surface area contributed by atoms with Crippen LogP contribution in [0.2, 0.25) is 0 Å². The largest absolute Gasteiger partial charge is 0.299 e. The van der Waals surface area contributed by atoms with Crippen LogP contribution in [0.3, 0.4) is 0 Å². The van der Waals surface area contributed by atoms with Crippen molar-refractivity contribution in [2.24, 2.45) is 10.2 Å². The molecule has 6 nitrogen and oxygen atoms in total. The Hall–Kier alpha value is -4.06. The predicted molar refractivity (Wildman–Crippen MR) is 112 cm³/mol. The summed E-state index contributed by atoms with van der Waals surface area (Å²) in [5, 5.41) is 11.6. The van der Waals surface area contributed by atoms with Crippen LogP contribution in [0.15, 0.2) is 100.0 Å². The maximum atomic E-state index is 13.1. The van der Waals surface area contributed by atoms with Gasteiger partial charge in [-0.25, -0.2) is 4.68 Å². The number of azo groups is 1. The van der Waals surface area contributed by atoms with E-state index >= 15 is 0 Å². The molecule has 0 aliphatic rings. The van der Waals surface area contributed by atoms with Crippen LogP contribution in [-0.4, -0.2) is 15.6 Å². The highest BCUT2D eigenvalue weighted by molar-refractivity contribution is 5.94. The molecule has 4 rings (SSSR count).